The molecule has 0 unspecified atom stereocenters. The van der Waals surface area contributed by atoms with Crippen molar-refractivity contribution in [2.45, 2.75) is 0 Å². The maximum absolute atomic E-state index is 5.01. The fourth-order valence-electron chi connectivity index (χ4n) is 0. The first-order chi connectivity index (χ1) is 7.66. The van der Waals surface area contributed by atoms with E-state index in [0.29, 0.717) is 0 Å². The quantitative estimate of drug-likeness (QED) is 0.488. The molecule has 0 fully saturated rings. The molecule has 0 aliphatic rings. The maximum atomic E-state index is 5.01. The number of halogens is 4. The molecular weight excluding hydrogens is 390 g/mol. The van der Waals surface area contributed by atoms with E-state index in [0.717, 1.165) is 0 Å². The number of hydrogen-bond donors (Lipinski definition) is 0. The summed E-state index contributed by atoms with van der Waals surface area (Å²) in [5, 5.41) is 14.0. The summed E-state index contributed by atoms with van der Waals surface area (Å²) in [4.78, 5) is 0. The van der Waals surface area contributed by atoms with Crippen LogP contribution in [0.15, 0.2) is 0 Å². The molecule has 0 bridgehead atoms. The molecule has 18 heavy (non-hydrogen) atoms. The van der Waals surface area contributed by atoms with Gasteiger partial charge >= 0.3 is 71.3 Å². The van der Waals surface area contributed by atoms with Gasteiger partial charge in [0.25, 0.3) is 0 Å². The third-order valence-electron chi connectivity index (χ3n) is 0. The van der Waals surface area contributed by atoms with Gasteiger partial charge in [-0.15, -0.1) is 0 Å². The van der Waals surface area contributed by atoms with Crippen molar-refractivity contribution < 1.29 is 34.1 Å². The molecule has 0 saturated carbocycles. The molecule has 0 radical (unpaired) electrons. The van der Waals surface area contributed by atoms with Gasteiger partial charge in [-0.1, -0.05) is 0 Å². The first kappa shape index (κ1) is 37.0. The molecule has 0 heterocycles. The number of rotatable bonds is 0. The standard InChI is InChI=1S/4C2H6N.4ClH.2Ti/c4*1-3-2;;;;;;/h4*1-2H3;4*1H;;/q4*-1;;;;;2*+4/p-4. The van der Waals surface area contributed by atoms with Crippen LogP contribution >= 0.6 is 37.2 Å². The van der Waals surface area contributed by atoms with E-state index in [1.807, 2.05) is 0 Å². The minimum Gasteiger partial charge on any atom is 4.00 e. The van der Waals surface area contributed by atoms with Crippen molar-refractivity contribution in [3.63, 3.8) is 0 Å². The van der Waals surface area contributed by atoms with E-state index in [1.54, 1.807) is 56.4 Å². The van der Waals surface area contributed by atoms with Crippen LogP contribution < -0.4 is 0 Å². The van der Waals surface area contributed by atoms with Gasteiger partial charge in [0, 0.05) is 0 Å². The second kappa shape index (κ2) is 42.7. The zero-order chi connectivity index (χ0) is 15.3. The molecular formula is C8H24Cl4N4Ti2. The Morgan fingerprint density at radius 3 is 0.500 bits per heavy atom. The van der Waals surface area contributed by atoms with Crippen LogP contribution in [0.25, 0.3) is 21.3 Å². The summed E-state index contributed by atoms with van der Waals surface area (Å²) in [7, 11) is 34.1. The van der Waals surface area contributed by atoms with Crippen LogP contribution in [0.3, 0.4) is 0 Å². The Balaban J connectivity index is -0.0000000252. The van der Waals surface area contributed by atoms with Gasteiger partial charge in [-0.05, 0) is 0 Å². The van der Waals surface area contributed by atoms with Crippen molar-refractivity contribution in [1.29, 1.82) is 0 Å². The normalized spacial score (nSPS) is 7.33. The van der Waals surface area contributed by atoms with E-state index >= 15 is 0 Å². The molecule has 0 aromatic rings. The molecule has 0 aromatic heterocycles. The van der Waals surface area contributed by atoms with E-state index in [1.165, 1.54) is 0 Å². The third-order valence-corrected chi connectivity index (χ3v) is 0. The summed E-state index contributed by atoms with van der Waals surface area (Å²) >= 11 is -3.11. The fourth-order valence-corrected chi connectivity index (χ4v) is 0. The second-order valence-electron chi connectivity index (χ2n) is 2.22. The van der Waals surface area contributed by atoms with Gasteiger partial charge < -0.3 is 21.3 Å². The van der Waals surface area contributed by atoms with Crippen molar-refractivity contribution >= 4 is 37.2 Å². The largest absolute Gasteiger partial charge is 4.00 e. The van der Waals surface area contributed by atoms with Crippen molar-refractivity contribution in [3.8, 4) is 0 Å². The zero-order valence-electron chi connectivity index (χ0n) is 12.3. The average Bonchev–Trinajstić information content (AvgIpc) is 2.04. The van der Waals surface area contributed by atoms with Crippen molar-refractivity contribution in [2.24, 2.45) is 0 Å². The Kier molecular flexibility index (Phi) is 87.9. The Morgan fingerprint density at radius 1 is 0.500 bits per heavy atom. The fraction of sp³-hybridized carbons (Fsp3) is 1.00. The number of nitrogens with zero attached hydrogens (tertiary/aromatic N) is 4. The first-order valence-electron chi connectivity index (χ1n) is 4.33. The molecule has 112 valence electrons. The van der Waals surface area contributed by atoms with E-state index in [2.05, 4.69) is 21.3 Å². The van der Waals surface area contributed by atoms with Crippen LogP contribution in [0.2, 0.25) is 0 Å². The zero-order valence-corrected chi connectivity index (χ0v) is 18.4. The summed E-state index contributed by atoms with van der Waals surface area (Å²) in [5.41, 5.74) is 0. The Bertz CT molecular complexity index is 76.0. The number of hydrogen-bond acceptors (Lipinski definition) is 0. The minimum absolute atomic E-state index is 0. The summed E-state index contributed by atoms with van der Waals surface area (Å²) < 4.78 is 0. The molecule has 0 aromatic carbocycles. The second-order valence-corrected chi connectivity index (χ2v) is 17.7. The van der Waals surface area contributed by atoms with Crippen LogP contribution in [-0.4, -0.2) is 56.4 Å². The molecule has 10 heteroatoms. The Morgan fingerprint density at radius 2 is 0.500 bits per heavy atom. The molecule has 4 nitrogen and oxygen atoms in total. The van der Waals surface area contributed by atoms with E-state index in [-0.39, 0.29) is 21.7 Å². The minimum atomic E-state index is -3.11. The van der Waals surface area contributed by atoms with E-state index in [4.69, 9.17) is 37.2 Å². The van der Waals surface area contributed by atoms with Crippen LogP contribution in [0.1, 0.15) is 0 Å². The molecule has 0 aliphatic heterocycles. The smallest absolute Gasteiger partial charge is 4.00 e. The average molecular weight is 414 g/mol. The van der Waals surface area contributed by atoms with Crippen LogP contribution in [0.4, 0.5) is 0 Å². The van der Waals surface area contributed by atoms with Gasteiger partial charge in [0.05, 0.1) is 0 Å². The topological polar surface area (TPSA) is 56.4 Å². The molecule has 0 atom stereocenters. The molecule has 0 saturated heterocycles. The van der Waals surface area contributed by atoms with Gasteiger partial charge in [-0.3, -0.25) is 0 Å². The van der Waals surface area contributed by atoms with Crippen molar-refractivity contribution in [1.82, 2.24) is 0 Å². The molecule has 0 rings (SSSR count). The van der Waals surface area contributed by atoms with Gasteiger partial charge in [0.15, 0.2) is 0 Å². The molecule has 0 amide bonds. The van der Waals surface area contributed by atoms with Gasteiger partial charge in [0.1, 0.15) is 0 Å². The van der Waals surface area contributed by atoms with E-state index in [9.17, 15) is 0 Å². The SMILES string of the molecule is C[N-]C.C[N-]C.C[N-]C.C[N-]C.[Cl][Ti]([Cl])([Cl])[Cl].[Ti+4]. The summed E-state index contributed by atoms with van der Waals surface area (Å²) in [6, 6.07) is 0. The van der Waals surface area contributed by atoms with Gasteiger partial charge in [0.2, 0.25) is 0 Å². The van der Waals surface area contributed by atoms with Crippen LogP contribution in [-0.2, 0) is 34.1 Å². The molecule has 0 aliphatic carbocycles. The van der Waals surface area contributed by atoms with Crippen LogP contribution in [0.5, 0.6) is 0 Å². The monoisotopic (exact) mass is 412 g/mol. The summed E-state index contributed by atoms with van der Waals surface area (Å²) in [6.45, 7) is 0. The third kappa shape index (κ3) is 949. The maximum Gasteiger partial charge on any atom is 4.00 e. The van der Waals surface area contributed by atoms with Crippen molar-refractivity contribution in [2.75, 3.05) is 56.4 Å². The summed E-state index contributed by atoms with van der Waals surface area (Å²) in [5.74, 6) is 0. The molecule has 0 N–H and O–H groups in total. The first-order valence-corrected chi connectivity index (χ1v) is 12.9. The Hall–Kier alpha value is 2.43. The molecule has 0 spiro atoms. The predicted molar refractivity (Wildman–Crippen MR) is 84.2 cm³/mol. The van der Waals surface area contributed by atoms with Crippen LogP contribution in [0, 0.1) is 0 Å². The Labute approximate surface area is 147 Å². The predicted octanol–water partition coefficient (Wildman–Crippen LogP) is 5.23. The summed E-state index contributed by atoms with van der Waals surface area (Å²) in [6.07, 6.45) is 0. The van der Waals surface area contributed by atoms with Gasteiger partial charge in [-0.25, -0.2) is 0 Å². The van der Waals surface area contributed by atoms with Crippen molar-refractivity contribution in [3.05, 3.63) is 21.3 Å². The van der Waals surface area contributed by atoms with E-state index < -0.39 is 12.3 Å². The van der Waals surface area contributed by atoms with Gasteiger partial charge in [-0.2, -0.15) is 56.4 Å².